The van der Waals surface area contributed by atoms with Gasteiger partial charge >= 0.3 is 169 Å². The van der Waals surface area contributed by atoms with E-state index in [0.29, 0.717) is 5.92 Å². The Kier molecular flexibility index (Phi) is 8.68. The number of halogens is 2. The van der Waals surface area contributed by atoms with Gasteiger partial charge in [-0.25, -0.2) is 0 Å². The van der Waals surface area contributed by atoms with Gasteiger partial charge in [0.2, 0.25) is 0 Å². The van der Waals surface area contributed by atoms with E-state index in [1.54, 1.807) is 0 Å². The zero-order valence-electron chi connectivity index (χ0n) is 17.4. The van der Waals surface area contributed by atoms with Crippen molar-refractivity contribution in [2.24, 2.45) is 0 Å². The molecule has 0 aliphatic heterocycles. The van der Waals surface area contributed by atoms with Crippen molar-refractivity contribution in [2.45, 2.75) is 19.8 Å². The molecule has 0 aliphatic carbocycles. The summed E-state index contributed by atoms with van der Waals surface area (Å²) in [4.78, 5) is 0. The van der Waals surface area contributed by atoms with Crippen LogP contribution < -0.4 is 21.2 Å². The largest absolute Gasteiger partial charge is 0.147 e. The van der Waals surface area contributed by atoms with Crippen LogP contribution in [0.2, 0.25) is 0 Å². The molecule has 4 aromatic rings. The van der Waals surface area contributed by atoms with Crippen molar-refractivity contribution in [3.63, 3.8) is 0 Å². The number of hydrogen-bond acceptors (Lipinski definition) is 0. The van der Waals surface area contributed by atoms with Crippen LogP contribution in [0.3, 0.4) is 0 Å². The van der Waals surface area contributed by atoms with Crippen LogP contribution in [-0.2, 0) is 0 Å². The molecule has 4 rings (SSSR count). The van der Waals surface area contributed by atoms with Crippen molar-refractivity contribution in [1.29, 1.82) is 0 Å². The Morgan fingerprint density at radius 1 is 0.433 bits per heavy atom. The first-order chi connectivity index (χ1) is 13.7. The molecule has 0 unspecified atom stereocenters. The standard InChI is InChI=1S/C27H27P.2ClH/c1-22(2)23-18-20-27(21-19-23)28(24-12-6-3-7-13-24,25-14-8-4-9-15-25)26-16-10-5-11-17-26;;/h3-22,28H,1-2H3;2*1H. The monoisotopic (exact) mass is 454 g/mol. The summed E-state index contributed by atoms with van der Waals surface area (Å²) in [6.45, 7) is 4.51. The second kappa shape index (κ2) is 10.8. The number of rotatable bonds is 5. The summed E-state index contributed by atoms with van der Waals surface area (Å²) < 4.78 is 0. The third kappa shape index (κ3) is 4.47. The van der Waals surface area contributed by atoms with E-state index in [9.17, 15) is 0 Å². The molecular weight excluding hydrogens is 426 g/mol. The van der Waals surface area contributed by atoms with E-state index in [-0.39, 0.29) is 24.8 Å². The van der Waals surface area contributed by atoms with Gasteiger partial charge in [0, 0.05) is 0 Å². The van der Waals surface area contributed by atoms with Gasteiger partial charge in [-0.2, -0.15) is 0 Å². The van der Waals surface area contributed by atoms with Gasteiger partial charge in [-0.15, -0.1) is 24.8 Å². The minimum atomic E-state index is -2.36. The molecule has 0 spiro atoms. The Morgan fingerprint density at radius 2 is 0.733 bits per heavy atom. The van der Waals surface area contributed by atoms with E-state index in [1.807, 2.05) is 0 Å². The Balaban J connectivity index is 0.00000160. The Bertz CT molecular complexity index is 918. The molecule has 0 amide bonds. The molecule has 4 aromatic carbocycles. The first kappa shape index (κ1) is 24.2. The van der Waals surface area contributed by atoms with Crippen molar-refractivity contribution >= 4 is 53.3 Å². The minimum Gasteiger partial charge on any atom is -0.147 e. The van der Waals surface area contributed by atoms with Gasteiger partial charge in [-0.1, -0.05) is 0 Å². The first-order valence-corrected chi connectivity index (χ1v) is 12.0. The fraction of sp³-hybridized carbons (Fsp3) is 0.111. The summed E-state index contributed by atoms with van der Waals surface area (Å²) in [5.74, 6) is 0.537. The number of hydrogen-bond donors (Lipinski definition) is 0. The molecule has 30 heavy (non-hydrogen) atoms. The molecule has 0 heterocycles. The predicted molar refractivity (Wildman–Crippen MR) is 141 cm³/mol. The fourth-order valence-electron chi connectivity index (χ4n) is 4.18. The van der Waals surface area contributed by atoms with Crippen molar-refractivity contribution < 1.29 is 0 Å². The minimum absolute atomic E-state index is 0. The maximum absolute atomic E-state index is 2.37. The van der Waals surface area contributed by atoms with E-state index in [0.717, 1.165) is 0 Å². The first-order valence-electron chi connectivity index (χ1n) is 10.00. The van der Waals surface area contributed by atoms with Crippen LogP contribution in [0.25, 0.3) is 0 Å². The quantitative estimate of drug-likeness (QED) is 0.324. The second-order valence-corrected chi connectivity index (χ2v) is 11.4. The van der Waals surface area contributed by atoms with Crippen LogP contribution in [-0.4, -0.2) is 0 Å². The molecular formula is C27H29Cl2P. The van der Waals surface area contributed by atoms with E-state index >= 15 is 0 Å². The van der Waals surface area contributed by atoms with E-state index in [1.165, 1.54) is 26.8 Å². The number of benzene rings is 4. The molecule has 0 aromatic heterocycles. The van der Waals surface area contributed by atoms with Crippen molar-refractivity contribution in [1.82, 2.24) is 0 Å². The van der Waals surface area contributed by atoms with Crippen molar-refractivity contribution in [3.05, 3.63) is 121 Å². The summed E-state index contributed by atoms with van der Waals surface area (Å²) in [5, 5.41) is 5.69. The summed E-state index contributed by atoms with van der Waals surface area (Å²) >= 11 is 0. The Morgan fingerprint density at radius 3 is 1.03 bits per heavy atom. The van der Waals surface area contributed by atoms with Gasteiger partial charge in [-0.05, 0) is 0 Å². The molecule has 0 N–H and O–H groups in total. The van der Waals surface area contributed by atoms with Crippen LogP contribution in [0.15, 0.2) is 115 Å². The average Bonchev–Trinajstić information content (AvgIpc) is 2.77. The van der Waals surface area contributed by atoms with Crippen LogP contribution in [0, 0.1) is 0 Å². The molecule has 0 aliphatic rings. The second-order valence-electron chi connectivity index (χ2n) is 7.62. The third-order valence-corrected chi connectivity index (χ3v) is 10.4. The molecule has 0 saturated heterocycles. The topological polar surface area (TPSA) is 0 Å². The van der Waals surface area contributed by atoms with Gasteiger partial charge in [0.15, 0.2) is 0 Å². The van der Waals surface area contributed by atoms with Crippen LogP contribution in [0.4, 0.5) is 0 Å². The molecule has 0 fully saturated rings. The predicted octanol–water partition coefficient (Wildman–Crippen LogP) is 6.01. The third-order valence-electron chi connectivity index (χ3n) is 5.63. The normalized spacial score (nSPS) is 11.3. The summed E-state index contributed by atoms with van der Waals surface area (Å²) in [6, 6.07) is 42.6. The zero-order valence-corrected chi connectivity index (χ0v) is 20.0. The van der Waals surface area contributed by atoms with Crippen molar-refractivity contribution in [2.75, 3.05) is 0 Å². The van der Waals surface area contributed by atoms with Crippen LogP contribution >= 0.6 is 32.1 Å². The molecule has 0 bridgehead atoms. The Hall–Kier alpha value is -2.11. The smallest absolute Gasteiger partial charge is 0.147 e. The molecule has 156 valence electrons. The Labute approximate surface area is 193 Å². The van der Waals surface area contributed by atoms with Gasteiger partial charge in [-0.3, -0.25) is 0 Å². The van der Waals surface area contributed by atoms with E-state index < -0.39 is 7.26 Å². The summed E-state index contributed by atoms with van der Waals surface area (Å²) in [7, 11) is -2.36. The molecule has 3 heteroatoms. The van der Waals surface area contributed by atoms with Crippen molar-refractivity contribution in [3.8, 4) is 0 Å². The fourth-order valence-corrected chi connectivity index (χ4v) is 8.93. The molecule has 0 atom stereocenters. The summed E-state index contributed by atoms with van der Waals surface area (Å²) in [6.07, 6.45) is 0. The average molecular weight is 455 g/mol. The van der Waals surface area contributed by atoms with Crippen LogP contribution in [0.5, 0.6) is 0 Å². The summed E-state index contributed by atoms with van der Waals surface area (Å²) in [5.41, 5.74) is 1.39. The molecule has 0 saturated carbocycles. The molecule has 0 radical (unpaired) electrons. The SMILES string of the molecule is CC(C)c1ccc([PH](c2ccccc2)(c2ccccc2)c2ccccc2)cc1.Cl.Cl. The maximum Gasteiger partial charge on any atom is -0.147 e. The maximum atomic E-state index is 2.37. The van der Waals surface area contributed by atoms with Gasteiger partial charge < -0.3 is 0 Å². The van der Waals surface area contributed by atoms with Gasteiger partial charge in [0.1, 0.15) is 0 Å². The zero-order chi connectivity index (χ0) is 19.4. The van der Waals surface area contributed by atoms with E-state index in [2.05, 4.69) is 129 Å². The van der Waals surface area contributed by atoms with E-state index in [4.69, 9.17) is 0 Å². The van der Waals surface area contributed by atoms with Crippen LogP contribution in [0.1, 0.15) is 25.3 Å². The molecule has 0 nitrogen and oxygen atoms in total. The van der Waals surface area contributed by atoms with Gasteiger partial charge in [0.05, 0.1) is 0 Å². The van der Waals surface area contributed by atoms with Gasteiger partial charge in [0.25, 0.3) is 0 Å².